The van der Waals surface area contributed by atoms with Gasteiger partial charge >= 0.3 is 0 Å². The van der Waals surface area contributed by atoms with Crippen molar-refractivity contribution in [3.05, 3.63) is 110 Å². The third-order valence-corrected chi connectivity index (χ3v) is 6.52. The van der Waals surface area contributed by atoms with Crippen LogP contribution in [0, 0.1) is 11.3 Å². The SMILES string of the molecule is COc1cc(/C=C(\C#N)C(=O)Nc2ncc(Cc3cc(Cl)cc(Cl)c3)s2)ccc1OCc1ccccc1. The highest BCUT2D eigenvalue weighted by molar-refractivity contribution is 7.15. The van der Waals surface area contributed by atoms with E-state index in [-0.39, 0.29) is 5.57 Å². The van der Waals surface area contributed by atoms with E-state index in [4.69, 9.17) is 32.7 Å². The summed E-state index contributed by atoms with van der Waals surface area (Å²) in [6, 6.07) is 22.3. The standard InChI is InChI=1S/C28H21Cl2N3O3S/c1-35-26-13-19(7-8-25(26)36-17-18-5-3-2-4-6-18)9-21(15-31)27(34)33-28-32-16-24(37-28)12-20-10-22(29)14-23(30)11-20/h2-11,13-14,16H,12,17H2,1H3,(H,32,33,34)/b21-9+. The Morgan fingerprint density at radius 2 is 1.81 bits per heavy atom. The Morgan fingerprint density at radius 3 is 2.51 bits per heavy atom. The second-order valence-corrected chi connectivity index (χ2v) is 9.88. The predicted molar refractivity (Wildman–Crippen MR) is 147 cm³/mol. The number of aromatic nitrogens is 1. The van der Waals surface area contributed by atoms with Crippen LogP contribution in [-0.2, 0) is 17.8 Å². The summed E-state index contributed by atoms with van der Waals surface area (Å²) >= 11 is 13.5. The number of anilines is 1. The van der Waals surface area contributed by atoms with Gasteiger partial charge < -0.3 is 9.47 Å². The molecule has 0 radical (unpaired) electrons. The number of nitrogens with one attached hydrogen (secondary N) is 1. The van der Waals surface area contributed by atoms with E-state index in [0.29, 0.717) is 45.3 Å². The molecule has 0 bridgehead atoms. The summed E-state index contributed by atoms with van der Waals surface area (Å²) in [4.78, 5) is 17.9. The summed E-state index contributed by atoms with van der Waals surface area (Å²) in [6.45, 7) is 0.387. The normalized spacial score (nSPS) is 11.0. The fraction of sp³-hybridized carbons (Fsp3) is 0.107. The van der Waals surface area contributed by atoms with Gasteiger partial charge in [0.05, 0.1) is 7.11 Å². The molecule has 9 heteroatoms. The van der Waals surface area contributed by atoms with Gasteiger partial charge in [0.25, 0.3) is 5.91 Å². The molecule has 0 saturated heterocycles. The minimum absolute atomic E-state index is 0.0709. The van der Waals surface area contributed by atoms with Crippen LogP contribution in [0.15, 0.2) is 78.5 Å². The third-order valence-electron chi connectivity index (χ3n) is 5.18. The Hall–Kier alpha value is -3.83. The second kappa shape index (κ2) is 12.4. The molecule has 4 aromatic rings. The maximum Gasteiger partial charge on any atom is 0.268 e. The Kier molecular flexibility index (Phi) is 8.81. The number of benzene rings is 3. The molecule has 1 aromatic heterocycles. The lowest BCUT2D eigenvalue weighted by atomic mass is 10.1. The van der Waals surface area contributed by atoms with E-state index in [1.54, 1.807) is 30.5 Å². The number of hydrogen-bond donors (Lipinski definition) is 1. The van der Waals surface area contributed by atoms with E-state index in [1.807, 2.05) is 48.5 Å². The maximum atomic E-state index is 12.8. The maximum absolute atomic E-state index is 12.8. The number of nitriles is 1. The first-order chi connectivity index (χ1) is 17.9. The highest BCUT2D eigenvalue weighted by Gasteiger charge is 2.14. The van der Waals surface area contributed by atoms with Crippen LogP contribution >= 0.6 is 34.5 Å². The number of rotatable bonds is 9. The van der Waals surface area contributed by atoms with E-state index >= 15 is 0 Å². The lowest BCUT2D eigenvalue weighted by molar-refractivity contribution is -0.112. The van der Waals surface area contributed by atoms with E-state index in [9.17, 15) is 10.1 Å². The average Bonchev–Trinajstić information content (AvgIpc) is 3.32. The van der Waals surface area contributed by atoms with Crippen molar-refractivity contribution in [3.63, 3.8) is 0 Å². The Morgan fingerprint density at radius 1 is 1.05 bits per heavy atom. The smallest absolute Gasteiger partial charge is 0.268 e. The summed E-state index contributed by atoms with van der Waals surface area (Å²) in [6.07, 6.45) is 3.72. The summed E-state index contributed by atoms with van der Waals surface area (Å²) in [7, 11) is 1.54. The summed E-state index contributed by atoms with van der Waals surface area (Å²) in [5.41, 5.74) is 2.51. The van der Waals surface area contributed by atoms with Crippen LogP contribution in [0.3, 0.4) is 0 Å². The third kappa shape index (κ3) is 7.34. The molecule has 0 atom stereocenters. The highest BCUT2D eigenvalue weighted by atomic mass is 35.5. The van der Waals surface area contributed by atoms with Crippen molar-refractivity contribution in [2.24, 2.45) is 0 Å². The Bertz CT molecular complexity index is 1460. The zero-order chi connectivity index (χ0) is 26.2. The number of methoxy groups -OCH3 is 1. The fourth-order valence-corrected chi connectivity index (χ4v) is 4.88. The van der Waals surface area contributed by atoms with Crippen molar-refractivity contribution in [2.45, 2.75) is 13.0 Å². The van der Waals surface area contributed by atoms with Gasteiger partial charge in [-0.05, 0) is 53.1 Å². The molecular formula is C28H21Cl2N3O3S. The van der Waals surface area contributed by atoms with Crippen molar-refractivity contribution in [1.82, 2.24) is 4.98 Å². The number of ether oxygens (including phenoxy) is 2. The van der Waals surface area contributed by atoms with Gasteiger partial charge in [-0.1, -0.05) is 59.6 Å². The number of halogens is 2. The molecule has 37 heavy (non-hydrogen) atoms. The lowest BCUT2D eigenvalue weighted by Crippen LogP contribution is -2.13. The van der Waals surface area contributed by atoms with Crippen LogP contribution in [0.5, 0.6) is 11.5 Å². The first-order valence-corrected chi connectivity index (χ1v) is 12.7. The second-order valence-electron chi connectivity index (χ2n) is 7.89. The van der Waals surface area contributed by atoms with E-state index in [1.165, 1.54) is 24.5 Å². The van der Waals surface area contributed by atoms with Gasteiger partial charge in [-0.3, -0.25) is 10.1 Å². The molecule has 1 amide bonds. The van der Waals surface area contributed by atoms with Crippen LogP contribution in [0.25, 0.3) is 6.08 Å². The molecule has 0 aliphatic heterocycles. The van der Waals surface area contributed by atoms with Crippen molar-refractivity contribution in [2.75, 3.05) is 12.4 Å². The topological polar surface area (TPSA) is 84.2 Å². The summed E-state index contributed by atoms with van der Waals surface area (Å²) in [5, 5.41) is 13.8. The van der Waals surface area contributed by atoms with Crippen LogP contribution in [0.4, 0.5) is 5.13 Å². The molecule has 3 aromatic carbocycles. The molecule has 0 spiro atoms. The first kappa shape index (κ1) is 26.2. The number of carbonyl (C=O) groups is 1. The molecular weight excluding hydrogens is 529 g/mol. The van der Waals surface area contributed by atoms with Crippen LogP contribution in [-0.4, -0.2) is 18.0 Å². The minimum atomic E-state index is -0.558. The van der Waals surface area contributed by atoms with Crippen molar-refractivity contribution in [1.29, 1.82) is 5.26 Å². The molecule has 1 heterocycles. The van der Waals surface area contributed by atoms with Gasteiger partial charge in [0.2, 0.25) is 0 Å². The van der Waals surface area contributed by atoms with Gasteiger partial charge in [0, 0.05) is 27.5 Å². The largest absolute Gasteiger partial charge is 0.493 e. The summed E-state index contributed by atoms with van der Waals surface area (Å²) in [5.74, 6) is 0.494. The predicted octanol–water partition coefficient (Wildman–Crippen LogP) is 7.17. The van der Waals surface area contributed by atoms with Crippen LogP contribution < -0.4 is 14.8 Å². The van der Waals surface area contributed by atoms with Crippen LogP contribution in [0.1, 0.15) is 21.6 Å². The molecule has 6 nitrogen and oxygen atoms in total. The monoisotopic (exact) mass is 549 g/mol. The molecule has 4 rings (SSSR count). The molecule has 0 saturated carbocycles. The van der Waals surface area contributed by atoms with Crippen molar-refractivity contribution < 1.29 is 14.3 Å². The zero-order valence-corrected chi connectivity index (χ0v) is 22.0. The quantitative estimate of drug-likeness (QED) is 0.176. The van der Waals surface area contributed by atoms with Gasteiger partial charge in [-0.25, -0.2) is 4.98 Å². The minimum Gasteiger partial charge on any atom is -0.493 e. The van der Waals surface area contributed by atoms with Crippen molar-refractivity contribution >= 4 is 51.7 Å². The van der Waals surface area contributed by atoms with E-state index in [0.717, 1.165) is 16.0 Å². The van der Waals surface area contributed by atoms with Crippen LogP contribution in [0.2, 0.25) is 10.0 Å². The molecule has 0 aliphatic rings. The number of hydrogen-bond acceptors (Lipinski definition) is 6. The number of nitrogens with zero attached hydrogens (tertiary/aromatic N) is 2. The molecule has 0 unspecified atom stereocenters. The van der Waals surface area contributed by atoms with Gasteiger partial charge in [-0.2, -0.15) is 5.26 Å². The highest BCUT2D eigenvalue weighted by Crippen LogP contribution is 2.30. The van der Waals surface area contributed by atoms with Gasteiger partial charge in [-0.15, -0.1) is 11.3 Å². The molecule has 1 N–H and O–H groups in total. The Balaban J connectivity index is 1.43. The van der Waals surface area contributed by atoms with Gasteiger partial charge in [0.1, 0.15) is 18.2 Å². The zero-order valence-electron chi connectivity index (χ0n) is 19.7. The number of thiazole rings is 1. The number of amides is 1. The molecule has 186 valence electrons. The Labute approximate surface area is 228 Å². The number of carbonyl (C=O) groups excluding carboxylic acids is 1. The first-order valence-electron chi connectivity index (χ1n) is 11.1. The molecule has 0 aliphatic carbocycles. The van der Waals surface area contributed by atoms with E-state index < -0.39 is 5.91 Å². The average molecular weight is 550 g/mol. The lowest BCUT2D eigenvalue weighted by Gasteiger charge is -2.11. The fourth-order valence-electron chi connectivity index (χ4n) is 3.47. The van der Waals surface area contributed by atoms with Gasteiger partial charge in [0.15, 0.2) is 16.6 Å². The summed E-state index contributed by atoms with van der Waals surface area (Å²) < 4.78 is 11.3. The van der Waals surface area contributed by atoms with E-state index in [2.05, 4.69) is 10.3 Å². The molecule has 0 fully saturated rings. The van der Waals surface area contributed by atoms with Crippen molar-refractivity contribution in [3.8, 4) is 17.6 Å².